The minimum absolute atomic E-state index is 0.0995. The predicted octanol–water partition coefficient (Wildman–Crippen LogP) is 2.83. The Morgan fingerprint density at radius 2 is 1.58 bits per heavy atom. The van der Waals surface area contributed by atoms with Crippen LogP contribution in [0.5, 0.6) is 17.2 Å². The molecule has 0 aliphatic heterocycles. The van der Waals surface area contributed by atoms with Gasteiger partial charge < -0.3 is 19.1 Å². The van der Waals surface area contributed by atoms with E-state index in [1.807, 2.05) is 0 Å². The highest BCUT2D eigenvalue weighted by atomic mass is 32.2. The first kappa shape index (κ1) is 24.4. The second kappa shape index (κ2) is 9.92. The maximum Gasteiger partial charge on any atom is 0.387 e. The molecule has 170 valence electrons. The van der Waals surface area contributed by atoms with E-state index >= 15 is 0 Å². The van der Waals surface area contributed by atoms with Gasteiger partial charge in [0.15, 0.2) is 11.5 Å². The molecule has 31 heavy (non-hydrogen) atoms. The Kier molecular flexibility index (Phi) is 7.80. The smallest absolute Gasteiger partial charge is 0.387 e. The van der Waals surface area contributed by atoms with Crippen molar-refractivity contribution in [1.82, 2.24) is 9.21 Å². The second-order valence-corrected chi connectivity index (χ2v) is 8.80. The molecule has 0 aliphatic carbocycles. The van der Waals surface area contributed by atoms with E-state index in [9.17, 15) is 22.0 Å². The second-order valence-electron chi connectivity index (χ2n) is 6.68. The van der Waals surface area contributed by atoms with Crippen LogP contribution in [-0.4, -0.2) is 65.5 Å². The maximum atomic E-state index is 12.9. The first-order chi connectivity index (χ1) is 14.5. The molecule has 0 N–H and O–H groups in total. The quantitative estimate of drug-likeness (QED) is 0.575. The number of alkyl halides is 2. The van der Waals surface area contributed by atoms with E-state index in [1.165, 1.54) is 76.7 Å². The van der Waals surface area contributed by atoms with E-state index in [2.05, 4.69) is 4.74 Å². The Balaban J connectivity index is 2.30. The van der Waals surface area contributed by atoms with Gasteiger partial charge in [0, 0.05) is 33.3 Å². The minimum Gasteiger partial charge on any atom is -0.495 e. The number of hydrogen-bond donors (Lipinski definition) is 0. The van der Waals surface area contributed by atoms with E-state index in [0.717, 1.165) is 4.31 Å². The Labute approximate surface area is 180 Å². The van der Waals surface area contributed by atoms with Crippen molar-refractivity contribution in [3.05, 3.63) is 47.5 Å². The van der Waals surface area contributed by atoms with Gasteiger partial charge in [-0.15, -0.1) is 0 Å². The van der Waals surface area contributed by atoms with Crippen molar-refractivity contribution in [2.45, 2.75) is 18.1 Å². The lowest BCUT2D eigenvalue weighted by atomic mass is 10.1. The fourth-order valence-electron chi connectivity index (χ4n) is 2.78. The van der Waals surface area contributed by atoms with E-state index in [0.29, 0.717) is 5.56 Å². The Hall–Kier alpha value is -2.92. The first-order valence-electron chi connectivity index (χ1n) is 8.99. The molecule has 0 saturated heterocycles. The number of benzene rings is 2. The number of ether oxygens (including phenoxy) is 3. The van der Waals surface area contributed by atoms with Crippen LogP contribution >= 0.6 is 0 Å². The van der Waals surface area contributed by atoms with Crippen LogP contribution in [0.1, 0.15) is 15.9 Å². The summed E-state index contributed by atoms with van der Waals surface area (Å²) < 4.78 is 65.7. The number of amides is 1. The Morgan fingerprint density at radius 3 is 2.13 bits per heavy atom. The van der Waals surface area contributed by atoms with Crippen LogP contribution in [0.3, 0.4) is 0 Å². The number of sulfonamides is 1. The van der Waals surface area contributed by atoms with E-state index in [-0.39, 0.29) is 34.3 Å². The molecule has 0 aliphatic rings. The van der Waals surface area contributed by atoms with Crippen LogP contribution in [0.2, 0.25) is 0 Å². The summed E-state index contributed by atoms with van der Waals surface area (Å²) in [6.07, 6.45) is 0. The van der Waals surface area contributed by atoms with E-state index in [1.54, 1.807) is 0 Å². The van der Waals surface area contributed by atoms with Gasteiger partial charge in [-0.2, -0.15) is 8.78 Å². The van der Waals surface area contributed by atoms with Crippen molar-refractivity contribution in [2.75, 3.05) is 35.4 Å². The lowest BCUT2D eigenvalue weighted by molar-refractivity contribution is -0.0512. The molecule has 0 fully saturated rings. The first-order valence-corrected chi connectivity index (χ1v) is 10.4. The number of hydrogen-bond acceptors (Lipinski definition) is 6. The maximum absolute atomic E-state index is 12.9. The molecule has 0 atom stereocenters. The van der Waals surface area contributed by atoms with E-state index < -0.39 is 22.5 Å². The largest absolute Gasteiger partial charge is 0.495 e. The third-order valence-corrected chi connectivity index (χ3v) is 6.22. The van der Waals surface area contributed by atoms with Crippen molar-refractivity contribution >= 4 is 15.9 Å². The third-order valence-electron chi connectivity index (χ3n) is 4.38. The minimum atomic E-state index is -3.84. The van der Waals surface area contributed by atoms with Gasteiger partial charge in [0.25, 0.3) is 5.91 Å². The highest BCUT2D eigenvalue weighted by Gasteiger charge is 2.25. The van der Waals surface area contributed by atoms with Crippen LogP contribution in [0.15, 0.2) is 41.3 Å². The fourth-order valence-corrected chi connectivity index (χ4v) is 3.85. The molecule has 11 heteroatoms. The summed E-state index contributed by atoms with van der Waals surface area (Å²) >= 11 is 0. The summed E-state index contributed by atoms with van der Waals surface area (Å²) in [6.45, 7) is -2.88. The molecule has 0 aromatic heterocycles. The lowest BCUT2D eigenvalue weighted by Crippen LogP contribution is -2.27. The highest BCUT2D eigenvalue weighted by molar-refractivity contribution is 7.89. The topological polar surface area (TPSA) is 85.4 Å². The van der Waals surface area contributed by atoms with Gasteiger partial charge in [-0.05, 0) is 35.9 Å². The molecule has 2 rings (SSSR count). The summed E-state index contributed by atoms with van der Waals surface area (Å²) in [7, 11) is 3.11. The molecule has 0 bridgehead atoms. The van der Waals surface area contributed by atoms with Gasteiger partial charge >= 0.3 is 6.61 Å². The van der Waals surface area contributed by atoms with Crippen LogP contribution in [0, 0.1) is 0 Å². The normalized spacial score (nSPS) is 11.5. The molecule has 2 aromatic rings. The zero-order chi connectivity index (χ0) is 23.3. The lowest BCUT2D eigenvalue weighted by Gasteiger charge is -2.20. The van der Waals surface area contributed by atoms with Gasteiger partial charge in [-0.3, -0.25) is 4.79 Å². The number of halogens is 2. The molecular weight excluding hydrogens is 434 g/mol. The monoisotopic (exact) mass is 458 g/mol. The van der Waals surface area contributed by atoms with Gasteiger partial charge in [-0.1, -0.05) is 6.07 Å². The predicted molar refractivity (Wildman–Crippen MR) is 109 cm³/mol. The highest BCUT2D eigenvalue weighted by Crippen LogP contribution is 2.30. The van der Waals surface area contributed by atoms with Gasteiger partial charge in [-0.25, -0.2) is 12.7 Å². The number of methoxy groups -OCH3 is 2. The van der Waals surface area contributed by atoms with Gasteiger partial charge in [0.05, 0.1) is 14.2 Å². The number of carbonyl (C=O) groups is 1. The zero-order valence-electron chi connectivity index (χ0n) is 17.8. The van der Waals surface area contributed by atoms with Crippen molar-refractivity contribution in [1.29, 1.82) is 0 Å². The van der Waals surface area contributed by atoms with Crippen LogP contribution in [0.25, 0.3) is 0 Å². The van der Waals surface area contributed by atoms with Crippen molar-refractivity contribution in [2.24, 2.45) is 0 Å². The number of carbonyl (C=O) groups excluding carboxylic acids is 1. The molecule has 0 unspecified atom stereocenters. The number of nitrogens with zero attached hydrogens (tertiary/aromatic N) is 2. The van der Waals surface area contributed by atoms with E-state index in [4.69, 9.17) is 9.47 Å². The SMILES string of the molecule is COc1cc(CN(C)C(=O)c2ccc(OC)c(S(=O)(=O)N(C)C)c2)ccc1OC(F)F. The summed E-state index contributed by atoms with van der Waals surface area (Å²) in [5, 5.41) is 0. The molecule has 0 saturated carbocycles. The zero-order valence-corrected chi connectivity index (χ0v) is 18.6. The molecule has 0 radical (unpaired) electrons. The van der Waals surface area contributed by atoms with Crippen molar-refractivity contribution in [3.8, 4) is 17.2 Å². The van der Waals surface area contributed by atoms with Crippen molar-refractivity contribution in [3.63, 3.8) is 0 Å². The average Bonchev–Trinajstić information content (AvgIpc) is 2.73. The van der Waals surface area contributed by atoms with Crippen LogP contribution < -0.4 is 14.2 Å². The Bertz CT molecular complexity index is 1040. The summed E-state index contributed by atoms with van der Waals surface area (Å²) in [5.41, 5.74) is 0.748. The van der Waals surface area contributed by atoms with Gasteiger partial charge in [0.2, 0.25) is 10.0 Å². The van der Waals surface area contributed by atoms with Crippen molar-refractivity contribution < 1.29 is 36.2 Å². The van der Waals surface area contributed by atoms with Gasteiger partial charge in [0.1, 0.15) is 10.6 Å². The third kappa shape index (κ3) is 5.61. The molecule has 8 nitrogen and oxygen atoms in total. The molecule has 0 spiro atoms. The van der Waals surface area contributed by atoms with Crippen LogP contribution in [-0.2, 0) is 16.6 Å². The molecule has 2 aromatic carbocycles. The fraction of sp³-hybridized carbons (Fsp3) is 0.350. The van der Waals surface area contributed by atoms with Crippen LogP contribution in [0.4, 0.5) is 8.78 Å². The standard InChI is InChI=1S/C20H24F2N2O6S/c1-23(2)31(26,27)18-11-14(7-9-16(18)28-4)19(25)24(3)12-13-6-8-15(30-20(21)22)17(10-13)29-5/h6-11,20H,12H2,1-5H3. The Morgan fingerprint density at radius 1 is 0.968 bits per heavy atom. The molecule has 1 amide bonds. The summed E-state index contributed by atoms with van der Waals surface area (Å²) in [6, 6.07) is 8.47. The molecule has 0 heterocycles. The summed E-state index contributed by atoms with van der Waals surface area (Å²) in [5.74, 6) is -0.344. The average molecular weight is 458 g/mol. The number of rotatable bonds is 9. The summed E-state index contributed by atoms with van der Waals surface area (Å²) in [4.78, 5) is 14.1. The molecular formula is C20H24F2N2O6S.